The van der Waals surface area contributed by atoms with Crippen molar-refractivity contribution >= 4 is 40.1 Å². The highest BCUT2D eigenvalue weighted by atomic mass is 35.5. The van der Waals surface area contributed by atoms with Gasteiger partial charge < -0.3 is 5.32 Å². The van der Waals surface area contributed by atoms with Crippen LogP contribution in [0.15, 0.2) is 35.4 Å². The molecule has 0 aliphatic heterocycles. The Kier molecular flexibility index (Phi) is 5.38. The van der Waals surface area contributed by atoms with Gasteiger partial charge in [0.25, 0.3) is 5.91 Å². The van der Waals surface area contributed by atoms with Crippen molar-refractivity contribution in [1.82, 2.24) is 19.9 Å². The topological polar surface area (TPSA) is 76.9 Å². The van der Waals surface area contributed by atoms with Crippen molar-refractivity contribution < 1.29 is 13.6 Å². The molecule has 0 radical (unpaired) electrons. The molecule has 0 spiro atoms. The van der Waals surface area contributed by atoms with Crippen molar-refractivity contribution in [2.75, 3.05) is 5.88 Å². The summed E-state index contributed by atoms with van der Waals surface area (Å²) in [6.07, 6.45) is 1.90. The van der Waals surface area contributed by atoms with Crippen LogP contribution in [0.25, 0.3) is 16.9 Å². The summed E-state index contributed by atoms with van der Waals surface area (Å²) in [5.41, 5.74) is -0.909. The Bertz CT molecular complexity index is 1100. The summed E-state index contributed by atoms with van der Waals surface area (Å²) >= 11 is 11.6. The predicted octanol–water partition coefficient (Wildman–Crippen LogP) is 3.07. The molecule has 3 rings (SSSR count). The molecular formula is C17H12Cl2F2N4O2. The fraction of sp³-hybridized carbons (Fsp3) is 0.176. The van der Waals surface area contributed by atoms with E-state index in [1.165, 1.54) is 12.1 Å². The molecule has 1 amide bonds. The van der Waals surface area contributed by atoms with E-state index in [4.69, 9.17) is 23.2 Å². The zero-order valence-corrected chi connectivity index (χ0v) is 15.4. The minimum atomic E-state index is -0.998. The first-order chi connectivity index (χ1) is 12.8. The Balaban J connectivity index is 2.31. The zero-order valence-electron chi connectivity index (χ0n) is 13.8. The Morgan fingerprint density at radius 2 is 2.11 bits per heavy atom. The van der Waals surface area contributed by atoms with Crippen LogP contribution in [0, 0.1) is 11.6 Å². The van der Waals surface area contributed by atoms with Gasteiger partial charge in [-0.2, -0.15) is 0 Å². The molecule has 6 nitrogen and oxygen atoms in total. The van der Waals surface area contributed by atoms with Gasteiger partial charge in [-0.15, -0.1) is 11.6 Å². The Morgan fingerprint density at radius 1 is 1.37 bits per heavy atom. The van der Waals surface area contributed by atoms with Crippen molar-refractivity contribution in [1.29, 1.82) is 0 Å². The van der Waals surface area contributed by atoms with Gasteiger partial charge in [-0.25, -0.2) is 18.7 Å². The summed E-state index contributed by atoms with van der Waals surface area (Å²) in [6.45, 7) is 1.66. The summed E-state index contributed by atoms with van der Waals surface area (Å²) < 4.78 is 28.6. The molecule has 0 saturated carbocycles. The molecular weight excluding hydrogens is 401 g/mol. The number of aromatic nitrogens is 3. The normalized spacial score (nSPS) is 12.2. The van der Waals surface area contributed by atoms with E-state index >= 15 is 0 Å². The lowest BCUT2D eigenvalue weighted by molar-refractivity contribution is 0.0942. The number of amides is 1. The molecule has 0 unspecified atom stereocenters. The van der Waals surface area contributed by atoms with Gasteiger partial charge in [-0.05, 0) is 19.1 Å². The number of fused-ring (bicyclic) bond motifs is 1. The molecule has 0 fully saturated rings. The molecule has 0 aromatic carbocycles. The molecule has 0 saturated heterocycles. The largest absolute Gasteiger partial charge is 0.348 e. The summed E-state index contributed by atoms with van der Waals surface area (Å²) in [4.78, 5) is 32.9. The Morgan fingerprint density at radius 3 is 2.78 bits per heavy atom. The van der Waals surface area contributed by atoms with E-state index in [0.717, 1.165) is 17.0 Å². The summed E-state index contributed by atoms with van der Waals surface area (Å²) in [5, 5.41) is 2.63. The Labute approximate surface area is 161 Å². The summed E-state index contributed by atoms with van der Waals surface area (Å²) in [6, 6.07) is 2.97. The van der Waals surface area contributed by atoms with E-state index in [0.29, 0.717) is 6.07 Å². The van der Waals surface area contributed by atoms with Crippen molar-refractivity contribution in [2.45, 2.75) is 13.0 Å². The van der Waals surface area contributed by atoms with Gasteiger partial charge >= 0.3 is 0 Å². The maximum absolute atomic E-state index is 14.3. The second-order valence-electron chi connectivity index (χ2n) is 5.73. The average molecular weight is 413 g/mol. The van der Waals surface area contributed by atoms with Crippen LogP contribution in [0.5, 0.6) is 0 Å². The summed E-state index contributed by atoms with van der Waals surface area (Å²) in [7, 11) is 0. The average Bonchev–Trinajstić information content (AvgIpc) is 2.62. The molecule has 0 bridgehead atoms. The fourth-order valence-electron chi connectivity index (χ4n) is 2.43. The summed E-state index contributed by atoms with van der Waals surface area (Å²) in [5.74, 6) is -2.76. The minimum absolute atomic E-state index is 0.0209. The van der Waals surface area contributed by atoms with Gasteiger partial charge in [0.05, 0.1) is 11.6 Å². The molecule has 1 atom stereocenters. The third-order valence-corrected chi connectivity index (χ3v) is 4.36. The monoisotopic (exact) mass is 412 g/mol. The van der Waals surface area contributed by atoms with Crippen molar-refractivity contribution in [3.8, 4) is 5.82 Å². The van der Waals surface area contributed by atoms with Crippen LogP contribution in [-0.4, -0.2) is 32.4 Å². The highest BCUT2D eigenvalue weighted by molar-refractivity contribution is 6.29. The second-order valence-corrected chi connectivity index (χ2v) is 6.43. The third kappa shape index (κ3) is 3.77. The van der Waals surface area contributed by atoms with Crippen molar-refractivity contribution in [2.24, 2.45) is 0 Å². The van der Waals surface area contributed by atoms with Crippen LogP contribution in [0.2, 0.25) is 5.15 Å². The zero-order chi connectivity index (χ0) is 19.7. The van der Waals surface area contributed by atoms with Crippen LogP contribution >= 0.6 is 23.2 Å². The van der Waals surface area contributed by atoms with Gasteiger partial charge in [0.2, 0.25) is 5.43 Å². The first-order valence-corrected chi connectivity index (χ1v) is 8.63. The lowest BCUT2D eigenvalue weighted by atomic mass is 10.1. The number of rotatable bonds is 4. The molecule has 0 aliphatic rings. The van der Waals surface area contributed by atoms with Crippen molar-refractivity contribution in [3.05, 3.63) is 63.2 Å². The first kappa shape index (κ1) is 19.2. The number of hydrogen-bond acceptors (Lipinski definition) is 4. The number of carbonyl (C=O) groups excluding carboxylic acids is 1. The van der Waals surface area contributed by atoms with E-state index in [9.17, 15) is 18.4 Å². The molecule has 10 heteroatoms. The van der Waals surface area contributed by atoms with Gasteiger partial charge in [-0.1, -0.05) is 11.6 Å². The predicted molar refractivity (Wildman–Crippen MR) is 97.7 cm³/mol. The van der Waals surface area contributed by atoms with Gasteiger partial charge in [0.15, 0.2) is 17.3 Å². The smallest absolute Gasteiger partial charge is 0.257 e. The number of nitrogens with one attached hydrogen (secondary N) is 1. The third-order valence-electron chi connectivity index (χ3n) is 3.69. The van der Waals surface area contributed by atoms with Gasteiger partial charge in [0.1, 0.15) is 16.5 Å². The van der Waals surface area contributed by atoms with E-state index in [2.05, 4.69) is 15.3 Å². The van der Waals surface area contributed by atoms with Crippen LogP contribution < -0.4 is 10.7 Å². The molecule has 140 valence electrons. The van der Waals surface area contributed by atoms with Crippen molar-refractivity contribution in [3.63, 3.8) is 0 Å². The number of halogens is 4. The molecule has 3 heterocycles. The molecule has 1 N–H and O–H groups in total. The fourth-order valence-corrected chi connectivity index (χ4v) is 2.65. The lowest BCUT2D eigenvalue weighted by Gasteiger charge is -2.14. The number of hydrogen-bond donors (Lipinski definition) is 1. The second kappa shape index (κ2) is 7.58. The molecule has 0 aliphatic carbocycles. The minimum Gasteiger partial charge on any atom is -0.348 e. The SMILES string of the molecule is C[C@H](CCl)NC(=O)c1cn(-c2ncc(F)cc2F)c2nc(Cl)ccc2c1=O. The van der Waals surface area contributed by atoms with Gasteiger partial charge in [-0.3, -0.25) is 14.2 Å². The maximum atomic E-state index is 14.3. The van der Waals surface area contributed by atoms with Crippen LogP contribution in [0.4, 0.5) is 8.78 Å². The number of alkyl halides is 1. The van der Waals surface area contributed by atoms with E-state index < -0.39 is 29.0 Å². The number of carbonyl (C=O) groups is 1. The van der Waals surface area contributed by atoms with Crippen LogP contribution in [-0.2, 0) is 0 Å². The molecule has 3 aromatic heterocycles. The van der Waals surface area contributed by atoms with E-state index in [-0.39, 0.29) is 33.4 Å². The Hall–Kier alpha value is -2.58. The highest BCUT2D eigenvalue weighted by Crippen LogP contribution is 2.19. The van der Waals surface area contributed by atoms with Gasteiger partial charge in [0, 0.05) is 24.2 Å². The lowest BCUT2D eigenvalue weighted by Crippen LogP contribution is -2.37. The maximum Gasteiger partial charge on any atom is 0.257 e. The van der Waals surface area contributed by atoms with E-state index in [1.54, 1.807) is 6.92 Å². The quantitative estimate of drug-likeness (QED) is 0.527. The van der Waals surface area contributed by atoms with Crippen LogP contribution in [0.3, 0.4) is 0 Å². The number of pyridine rings is 3. The first-order valence-electron chi connectivity index (χ1n) is 7.72. The van der Waals surface area contributed by atoms with E-state index in [1.807, 2.05) is 0 Å². The highest BCUT2D eigenvalue weighted by Gasteiger charge is 2.20. The molecule has 3 aromatic rings. The number of nitrogens with zero attached hydrogens (tertiary/aromatic N) is 3. The standard InChI is InChI=1S/C17H12Cl2F2N4O2/c1-8(5-18)23-17(27)11-7-25(16-12(21)4-9(20)6-22-16)15-10(14(11)26)2-3-13(19)24-15/h2-4,6-8H,5H2,1H3,(H,23,27)/t8-/m1/s1. The molecule has 27 heavy (non-hydrogen) atoms. The van der Waals surface area contributed by atoms with Crippen LogP contribution in [0.1, 0.15) is 17.3 Å².